The minimum Gasteiger partial charge on any atom is -0.477 e. The molecule has 2 aliphatic heterocycles. The fourth-order valence-electron chi connectivity index (χ4n) is 3.23. The van der Waals surface area contributed by atoms with Gasteiger partial charge in [-0.25, -0.2) is 9.78 Å². The van der Waals surface area contributed by atoms with Gasteiger partial charge < -0.3 is 15.0 Å². The maximum absolute atomic E-state index is 12.5. The standard InChI is InChI=1S/C13H18N4O3/c1-8-5-16-4-2-3-9(16)6-17(8)12(18)10-11(13(19)20)15-7-14-10/h7-9H,2-6H2,1H3,(H,14,15)(H,19,20). The first-order valence-corrected chi connectivity index (χ1v) is 6.89. The van der Waals surface area contributed by atoms with E-state index in [0.717, 1.165) is 19.5 Å². The zero-order chi connectivity index (χ0) is 14.3. The fraction of sp³-hybridized carbons (Fsp3) is 0.615. The maximum atomic E-state index is 12.5. The van der Waals surface area contributed by atoms with Crippen molar-refractivity contribution in [3.8, 4) is 0 Å². The number of hydrogen-bond acceptors (Lipinski definition) is 4. The van der Waals surface area contributed by atoms with Gasteiger partial charge in [-0.2, -0.15) is 0 Å². The summed E-state index contributed by atoms with van der Waals surface area (Å²) in [5, 5.41) is 9.07. The minimum absolute atomic E-state index is 0.01000. The van der Waals surface area contributed by atoms with Crippen LogP contribution >= 0.6 is 0 Å². The second kappa shape index (κ2) is 4.90. The Hall–Kier alpha value is -1.89. The van der Waals surface area contributed by atoms with Crippen molar-refractivity contribution in [3.05, 3.63) is 17.7 Å². The number of carbonyl (C=O) groups excluding carboxylic acids is 1. The third-order valence-electron chi connectivity index (χ3n) is 4.25. The van der Waals surface area contributed by atoms with E-state index in [4.69, 9.17) is 5.11 Å². The van der Waals surface area contributed by atoms with Crippen molar-refractivity contribution in [2.24, 2.45) is 0 Å². The number of piperazine rings is 1. The molecule has 0 aliphatic carbocycles. The maximum Gasteiger partial charge on any atom is 0.354 e. The van der Waals surface area contributed by atoms with Crippen LogP contribution in [0.15, 0.2) is 6.33 Å². The summed E-state index contributed by atoms with van der Waals surface area (Å²) >= 11 is 0. The van der Waals surface area contributed by atoms with Crippen LogP contribution in [-0.2, 0) is 0 Å². The molecular weight excluding hydrogens is 260 g/mol. The molecule has 1 aromatic rings. The first-order chi connectivity index (χ1) is 9.58. The number of carbonyl (C=O) groups is 2. The molecule has 1 aromatic heterocycles. The van der Waals surface area contributed by atoms with Crippen molar-refractivity contribution in [1.82, 2.24) is 19.8 Å². The zero-order valence-corrected chi connectivity index (χ0v) is 11.4. The number of nitrogens with one attached hydrogen (secondary N) is 1. The number of imidazole rings is 1. The van der Waals surface area contributed by atoms with Crippen LogP contribution in [0.1, 0.15) is 40.7 Å². The van der Waals surface area contributed by atoms with Gasteiger partial charge in [0.25, 0.3) is 5.91 Å². The number of aromatic nitrogens is 2. The van der Waals surface area contributed by atoms with Gasteiger partial charge in [-0.1, -0.05) is 0 Å². The monoisotopic (exact) mass is 278 g/mol. The molecule has 2 saturated heterocycles. The van der Waals surface area contributed by atoms with E-state index in [9.17, 15) is 9.59 Å². The number of carboxylic acids is 1. The van der Waals surface area contributed by atoms with E-state index in [1.807, 2.05) is 6.92 Å². The molecule has 2 aliphatic rings. The summed E-state index contributed by atoms with van der Waals surface area (Å²) in [7, 11) is 0. The Kier molecular flexibility index (Phi) is 3.21. The smallest absolute Gasteiger partial charge is 0.354 e. The number of amides is 1. The van der Waals surface area contributed by atoms with Gasteiger partial charge in [-0.15, -0.1) is 0 Å². The Balaban J connectivity index is 1.82. The molecule has 2 N–H and O–H groups in total. The molecule has 0 bridgehead atoms. The van der Waals surface area contributed by atoms with Crippen LogP contribution in [0.2, 0.25) is 0 Å². The van der Waals surface area contributed by atoms with Crippen molar-refractivity contribution in [2.75, 3.05) is 19.6 Å². The van der Waals surface area contributed by atoms with E-state index < -0.39 is 5.97 Å². The summed E-state index contributed by atoms with van der Waals surface area (Å²) in [5.74, 6) is -1.44. The third-order valence-corrected chi connectivity index (χ3v) is 4.25. The molecule has 0 radical (unpaired) electrons. The van der Waals surface area contributed by atoms with Crippen LogP contribution in [0.4, 0.5) is 0 Å². The summed E-state index contributed by atoms with van der Waals surface area (Å²) in [6.07, 6.45) is 3.53. The number of fused-ring (bicyclic) bond motifs is 1. The molecule has 3 rings (SSSR count). The van der Waals surface area contributed by atoms with Gasteiger partial charge in [0.1, 0.15) is 0 Å². The Morgan fingerprint density at radius 3 is 3.00 bits per heavy atom. The van der Waals surface area contributed by atoms with Crippen LogP contribution in [0.5, 0.6) is 0 Å². The average molecular weight is 278 g/mol. The summed E-state index contributed by atoms with van der Waals surface area (Å²) in [4.78, 5) is 34.2. The van der Waals surface area contributed by atoms with Crippen molar-refractivity contribution < 1.29 is 14.7 Å². The molecule has 0 spiro atoms. The fourth-order valence-corrected chi connectivity index (χ4v) is 3.23. The van der Waals surface area contributed by atoms with Crippen LogP contribution in [-0.4, -0.2) is 68.5 Å². The molecule has 2 unspecified atom stereocenters. The first-order valence-electron chi connectivity index (χ1n) is 6.89. The minimum atomic E-state index is -1.15. The highest BCUT2D eigenvalue weighted by molar-refractivity contribution is 6.02. The van der Waals surface area contributed by atoms with Crippen LogP contribution in [0, 0.1) is 0 Å². The molecule has 108 valence electrons. The predicted molar refractivity (Wildman–Crippen MR) is 70.6 cm³/mol. The van der Waals surface area contributed by atoms with E-state index in [1.54, 1.807) is 4.90 Å². The molecule has 2 fully saturated rings. The molecular formula is C13H18N4O3. The number of aromatic amines is 1. The third kappa shape index (κ3) is 2.07. The Labute approximate surface area is 116 Å². The molecule has 2 atom stereocenters. The Morgan fingerprint density at radius 1 is 1.45 bits per heavy atom. The van der Waals surface area contributed by atoms with Crippen molar-refractivity contribution >= 4 is 11.9 Å². The van der Waals surface area contributed by atoms with Gasteiger partial charge in [0, 0.05) is 25.2 Å². The molecule has 0 saturated carbocycles. The van der Waals surface area contributed by atoms with Crippen molar-refractivity contribution in [2.45, 2.75) is 31.8 Å². The molecule has 7 nitrogen and oxygen atoms in total. The normalized spacial score (nSPS) is 26.6. The lowest BCUT2D eigenvalue weighted by atomic mass is 10.1. The quantitative estimate of drug-likeness (QED) is 0.818. The van der Waals surface area contributed by atoms with Gasteiger partial charge in [0.05, 0.1) is 6.33 Å². The van der Waals surface area contributed by atoms with Crippen molar-refractivity contribution in [1.29, 1.82) is 0 Å². The number of aromatic carboxylic acids is 1. The van der Waals surface area contributed by atoms with Gasteiger partial charge >= 0.3 is 5.97 Å². The van der Waals surface area contributed by atoms with E-state index >= 15 is 0 Å². The second-order valence-electron chi connectivity index (χ2n) is 5.53. The molecule has 3 heterocycles. The summed E-state index contributed by atoms with van der Waals surface area (Å²) < 4.78 is 0. The average Bonchev–Trinajstić information content (AvgIpc) is 3.04. The SMILES string of the molecule is CC1CN2CCCC2CN1C(=O)c1nc[nH]c1C(=O)O. The van der Waals surface area contributed by atoms with Crippen LogP contribution < -0.4 is 0 Å². The highest BCUT2D eigenvalue weighted by atomic mass is 16.4. The number of rotatable bonds is 2. The lowest BCUT2D eigenvalue weighted by Crippen LogP contribution is -2.56. The number of nitrogens with zero attached hydrogens (tertiary/aromatic N) is 3. The summed E-state index contributed by atoms with van der Waals surface area (Å²) in [5.41, 5.74) is -0.119. The van der Waals surface area contributed by atoms with Crippen molar-refractivity contribution in [3.63, 3.8) is 0 Å². The van der Waals surface area contributed by atoms with E-state index in [-0.39, 0.29) is 23.3 Å². The molecule has 7 heteroatoms. The van der Waals surface area contributed by atoms with Gasteiger partial charge in [-0.05, 0) is 26.3 Å². The van der Waals surface area contributed by atoms with E-state index in [0.29, 0.717) is 12.6 Å². The first kappa shape index (κ1) is 13.1. The summed E-state index contributed by atoms with van der Waals surface area (Å²) in [6, 6.07) is 0.484. The van der Waals surface area contributed by atoms with Gasteiger partial charge in [0.15, 0.2) is 11.4 Å². The lowest BCUT2D eigenvalue weighted by Gasteiger charge is -2.42. The molecule has 1 amide bonds. The van der Waals surface area contributed by atoms with Gasteiger partial charge in [-0.3, -0.25) is 9.69 Å². The second-order valence-corrected chi connectivity index (χ2v) is 5.53. The largest absolute Gasteiger partial charge is 0.477 e. The molecule has 20 heavy (non-hydrogen) atoms. The lowest BCUT2D eigenvalue weighted by molar-refractivity contribution is 0.0385. The number of H-pyrrole nitrogens is 1. The number of hydrogen-bond donors (Lipinski definition) is 2. The van der Waals surface area contributed by atoms with Gasteiger partial charge in [0.2, 0.25) is 0 Å². The van der Waals surface area contributed by atoms with Crippen LogP contribution in [0.25, 0.3) is 0 Å². The van der Waals surface area contributed by atoms with E-state index in [2.05, 4.69) is 14.9 Å². The highest BCUT2D eigenvalue weighted by Crippen LogP contribution is 2.25. The molecule has 0 aromatic carbocycles. The van der Waals surface area contributed by atoms with Crippen LogP contribution in [0.3, 0.4) is 0 Å². The Morgan fingerprint density at radius 2 is 2.25 bits per heavy atom. The highest BCUT2D eigenvalue weighted by Gasteiger charge is 2.38. The topological polar surface area (TPSA) is 89.5 Å². The zero-order valence-electron chi connectivity index (χ0n) is 11.4. The van der Waals surface area contributed by atoms with E-state index in [1.165, 1.54) is 12.7 Å². The Bertz CT molecular complexity index is 541. The summed E-state index contributed by atoms with van der Waals surface area (Å²) in [6.45, 7) is 4.61. The predicted octanol–water partition coefficient (Wildman–Crippen LogP) is 0.417. The number of carboxylic acid groups (broad SMARTS) is 1.